The Kier molecular flexibility index (Phi) is 4.33. The van der Waals surface area contributed by atoms with Crippen LogP contribution in [-0.4, -0.2) is 10.2 Å². The highest BCUT2D eigenvalue weighted by Crippen LogP contribution is 2.37. The number of phenols is 2. The zero-order valence-electron chi connectivity index (χ0n) is 13.1. The van der Waals surface area contributed by atoms with Gasteiger partial charge >= 0.3 is 0 Å². The summed E-state index contributed by atoms with van der Waals surface area (Å²) in [5, 5.41) is 20.5. The van der Waals surface area contributed by atoms with Gasteiger partial charge in [0.1, 0.15) is 11.5 Å². The second kappa shape index (κ2) is 6.57. The number of rotatable bonds is 4. The maximum atomic E-state index is 10.3. The summed E-state index contributed by atoms with van der Waals surface area (Å²) in [4.78, 5) is 0. The van der Waals surface area contributed by atoms with Gasteiger partial charge < -0.3 is 10.2 Å². The van der Waals surface area contributed by atoms with E-state index in [1.807, 2.05) is 36.4 Å². The van der Waals surface area contributed by atoms with E-state index in [-0.39, 0.29) is 17.4 Å². The molecule has 0 fully saturated rings. The summed E-state index contributed by atoms with van der Waals surface area (Å²) < 4.78 is 0. The van der Waals surface area contributed by atoms with Gasteiger partial charge in [0.25, 0.3) is 0 Å². The minimum absolute atomic E-state index is 0.0971. The molecule has 3 aromatic carbocycles. The van der Waals surface area contributed by atoms with Crippen molar-refractivity contribution in [1.82, 2.24) is 0 Å². The van der Waals surface area contributed by atoms with Crippen LogP contribution < -0.4 is 0 Å². The van der Waals surface area contributed by atoms with E-state index >= 15 is 0 Å². The van der Waals surface area contributed by atoms with Crippen molar-refractivity contribution in [3.8, 4) is 11.5 Å². The molecule has 0 saturated heterocycles. The molecular formula is C21H20O2. The summed E-state index contributed by atoms with van der Waals surface area (Å²) in [5.74, 6) is 0.417. The SMILES string of the molecule is Cc1ccc(CC(c2ccccc2O)c2ccccc2O)cc1. The highest BCUT2D eigenvalue weighted by molar-refractivity contribution is 5.47. The molecule has 0 unspecified atom stereocenters. The maximum Gasteiger partial charge on any atom is 0.119 e. The van der Waals surface area contributed by atoms with Gasteiger partial charge in [-0.1, -0.05) is 66.2 Å². The first-order chi connectivity index (χ1) is 11.1. The van der Waals surface area contributed by atoms with Gasteiger partial charge in [0, 0.05) is 17.0 Å². The van der Waals surface area contributed by atoms with Crippen LogP contribution in [0.4, 0.5) is 0 Å². The van der Waals surface area contributed by atoms with E-state index in [0.29, 0.717) is 0 Å². The maximum absolute atomic E-state index is 10.3. The largest absolute Gasteiger partial charge is 0.508 e. The van der Waals surface area contributed by atoms with Crippen molar-refractivity contribution in [3.05, 3.63) is 95.1 Å². The molecule has 0 aromatic heterocycles. The number of benzene rings is 3. The summed E-state index contributed by atoms with van der Waals surface area (Å²) >= 11 is 0. The van der Waals surface area contributed by atoms with Crippen molar-refractivity contribution < 1.29 is 10.2 Å². The molecule has 0 bridgehead atoms. The molecule has 23 heavy (non-hydrogen) atoms. The summed E-state index contributed by atoms with van der Waals surface area (Å²) in [5.41, 5.74) is 4.05. The zero-order valence-corrected chi connectivity index (χ0v) is 13.1. The molecule has 3 rings (SSSR count). The summed E-state index contributed by atoms with van der Waals surface area (Å²) in [7, 11) is 0. The van der Waals surface area contributed by atoms with Crippen LogP contribution in [0.15, 0.2) is 72.8 Å². The van der Waals surface area contributed by atoms with Crippen LogP contribution in [0.3, 0.4) is 0 Å². The standard InChI is InChI=1S/C21H20O2/c1-15-10-12-16(13-11-15)14-19(17-6-2-4-8-20(17)22)18-7-3-5-9-21(18)23/h2-13,19,22-23H,14H2,1H3. The third-order valence-electron chi connectivity index (χ3n) is 4.18. The lowest BCUT2D eigenvalue weighted by Crippen LogP contribution is -2.06. The molecule has 0 spiro atoms. The highest BCUT2D eigenvalue weighted by Gasteiger charge is 2.20. The number of phenolic OH excluding ortho intramolecular Hbond substituents is 2. The third kappa shape index (κ3) is 3.37. The minimum atomic E-state index is -0.0971. The van der Waals surface area contributed by atoms with Crippen molar-refractivity contribution in [2.24, 2.45) is 0 Å². The smallest absolute Gasteiger partial charge is 0.119 e. The fourth-order valence-electron chi connectivity index (χ4n) is 2.91. The average molecular weight is 304 g/mol. The van der Waals surface area contributed by atoms with E-state index in [2.05, 4.69) is 31.2 Å². The van der Waals surface area contributed by atoms with Gasteiger partial charge in [-0.05, 0) is 31.0 Å². The third-order valence-corrected chi connectivity index (χ3v) is 4.18. The quantitative estimate of drug-likeness (QED) is 0.728. The van der Waals surface area contributed by atoms with Gasteiger partial charge in [-0.25, -0.2) is 0 Å². The van der Waals surface area contributed by atoms with Gasteiger partial charge in [-0.15, -0.1) is 0 Å². The van der Waals surface area contributed by atoms with Crippen LogP contribution in [0.1, 0.15) is 28.2 Å². The van der Waals surface area contributed by atoms with Crippen LogP contribution in [0, 0.1) is 6.92 Å². The Hall–Kier alpha value is -2.74. The summed E-state index contributed by atoms with van der Waals surface area (Å²) in [6.07, 6.45) is 0.718. The Bertz CT molecular complexity index is 745. The molecule has 0 atom stereocenters. The average Bonchev–Trinajstić information content (AvgIpc) is 2.56. The first kappa shape index (κ1) is 15.2. The van der Waals surface area contributed by atoms with Crippen LogP contribution in [0.5, 0.6) is 11.5 Å². The Balaban J connectivity index is 2.05. The van der Waals surface area contributed by atoms with Crippen molar-refractivity contribution in [1.29, 1.82) is 0 Å². The Morgan fingerprint density at radius 3 is 1.65 bits per heavy atom. The van der Waals surface area contributed by atoms with Gasteiger partial charge in [0.05, 0.1) is 0 Å². The topological polar surface area (TPSA) is 40.5 Å². The summed E-state index contributed by atoms with van der Waals surface area (Å²) in [6.45, 7) is 2.06. The molecule has 3 aromatic rings. The second-order valence-corrected chi connectivity index (χ2v) is 5.86. The highest BCUT2D eigenvalue weighted by atomic mass is 16.3. The van der Waals surface area contributed by atoms with E-state index in [0.717, 1.165) is 17.5 Å². The van der Waals surface area contributed by atoms with Crippen LogP contribution in [-0.2, 0) is 6.42 Å². The first-order valence-electron chi connectivity index (χ1n) is 7.76. The fraction of sp³-hybridized carbons (Fsp3) is 0.143. The van der Waals surface area contributed by atoms with Crippen LogP contribution in [0.25, 0.3) is 0 Å². The zero-order chi connectivity index (χ0) is 16.2. The van der Waals surface area contributed by atoms with Gasteiger partial charge in [0.15, 0.2) is 0 Å². The molecule has 0 amide bonds. The number of aryl methyl sites for hydroxylation is 1. The van der Waals surface area contributed by atoms with E-state index < -0.39 is 0 Å². The lowest BCUT2D eigenvalue weighted by atomic mass is 9.85. The molecule has 116 valence electrons. The molecule has 0 heterocycles. The number of aromatic hydroxyl groups is 2. The Morgan fingerprint density at radius 2 is 1.17 bits per heavy atom. The number of hydrogen-bond acceptors (Lipinski definition) is 2. The molecule has 0 radical (unpaired) electrons. The Morgan fingerprint density at radius 1 is 0.696 bits per heavy atom. The molecule has 2 N–H and O–H groups in total. The van der Waals surface area contributed by atoms with Crippen molar-refractivity contribution in [3.63, 3.8) is 0 Å². The summed E-state index contributed by atoms with van der Waals surface area (Å²) in [6, 6.07) is 23.0. The Labute approximate surface area is 136 Å². The normalized spacial score (nSPS) is 10.9. The van der Waals surface area contributed by atoms with E-state index in [4.69, 9.17) is 0 Å². The molecule has 0 aliphatic heterocycles. The molecule has 0 saturated carbocycles. The fourth-order valence-corrected chi connectivity index (χ4v) is 2.91. The van der Waals surface area contributed by atoms with Crippen LogP contribution in [0.2, 0.25) is 0 Å². The van der Waals surface area contributed by atoms with Crippen LogP contribution >= 0.6 is 0 Å². The van der Waals surface area contributed by atoms with Crippen molar-refractivity contribution >= 4 is 0 Å². The van der Waals surface area contributed by atoms with Gasteiger partial charge in [0.2, 0.25) is 0 Å². The van der Waals surface area contributed by atoms with Gasteiger partial charge in [-0.2, -0.15) is 0 Å². The van der Waals surface area contributed by atoms with Crippen molar-refractivity contribution in [2.45, 2.75) is 19.3 Å². The van der Waals surface area contributed by atoms with E-state index in [1.54, 1.807) is 12.1 Å². The number of hydrogen-bond donors (Lipinski definition) is 2. The minimum Gasteiger partial charge on any atom is -0.508 e. The van der Waals surface area contributed by atoms with E-state index in [9.17, 15) is 10.2 Å². The molecule has 2 nitrogen and oxygen atoms in total. The predicted molar refractivity (Wildman–Crippen MR) is 92.9 cm³/mol. The van der Waals surface area contributed by atoms with Crippen molar-refractivity contribution in [2.75, 3.05) is 0 Å². The first-order valence-corrected chi connectivity index (χ1v) is 7.76. The predicted octanol–water partition coefficient (Wildman–Crippen LogP) is 4.78. The molecule has 0 aliphatic carbocycles. The lowest BCUT2D eigenvalue weighted by Gasteiger charge is -2.20. The number of para-hydroxylation sites is 2. The molecule has 2 heteroatoms. The molecular weight excluding hydrogens is 284 g/mol. The van der Waals surface area contributed by atoms with Gasteiger partial charge in [-0.3, -0.25) is 0 Å². The lowest BCUT2D eigenvalue weighted by molar-refractivity contribution is 0.454. The second-order valence-electron chi connectivity index (χ2n) is 5.86. The molecule has 0 aliphatic rings. The monoisotopic (exact) mass is 304 g/mol. The van der Waals surface area contributed by atoms with E-state index in [1.165, 1.54) is 11.1 Å².